The Labute approximate surface area is 147 Å². The molecule has 1 unspecified atom stereocenters. The number of nitrogens with zero attached hydrogens (tertiary/aromatic N) is 5. The Morgan fingerprint density at radius 3 is 2.76 bits per heavy atom. The molecule has 1 aliphatic carbocycles. The van der Waals surface area contributed by atoms with Gasteiger partial charge in [-0.25, -0.2) is 9.97 Å². The van der Waals surface area contributed by atoms with Gasteiger partial charge >= 0.3 is 0 Å². The quantitative estimate of drug-likeness (QED) is 0.927. The molecule has 0 bridgehead atoms. The molecule has 1 saturated carbocycles. The maximum Gasteiger partial charge on any atom is 0.274 e. The van der Waals surface area contributed by atoms with E-state index in [0.717, 1.165) is 31.0 Å². The van der Waals surface area contributed by atoms with Crippen molar-refractivity contribution in [2.45, 2.75) is 51.4 Å². The van der Waals surface area contributed by atoms with E-state index in [2.05, 4.69) is 34.0 Å². The van der Waals surface area contributed by atoms with Crippen LogP contribution in [-0.2, 0) is 0 Å². The molecule has 1 spiro atoms. The fraction of sp³-hybridized carbons (Fsp3) is 0.611. The van der Waals surface area contributed by atoms with Crippen molar-refractivity contribution in [2.24, 2.45) is 5.41 Å². The summed E-state index contributed by atoms with van der Waals surface area (Å²) < 4.78 is 0. The van der Waals surface area contributed by atoms with Crippen molar-refractivity contribution in [1.82, 2.24) is 30.0 Å². The molecule has 1 N–H and O–H groups in total. The van der Waals surface area contributed by atoms with Crippen LogP contribution >= 0.6 is 0 Å². The van der Waals surface area contributed by atoms with Crippen LogP contribution in [0, 0.1) is 5.41 Å². The molecule has 25 heavy (non-hydrogen) atoms. The van der Waals surface area contributed by atoms with E-state index in [1.807, 2.05) is 4.90 Å². The number of aromatic nitrogens is 5. The van der Waals surface area contributed by atoms with Gasteiger partial charge in [0.1, 0.15) is 11.5 Å². The van der Waals surface area contributed by atoms with Crippen LogP contribution in [0.25, 0.3) is 0 Å². The van der Waals surface area contributed by atoms with Gasteiger partial charge in [0.05, 0.1) is 6.20 Å². The predicted molar refractivity (Wildman–Crippen MR) is 92.0 cm³/mol. The van der Waals surface area contributed by atoms with Crippen LogP contribution in [0.4, 0.5) is 0 Å². The van der Waals surface area contributed by atoms with Gasteiger partial charge in [0.15, 0.2) is 5.82 Å². The average molecular weight is 340 g/mol. The molecule has 0 radical (unpaired) electrons. The van der Waals surface area contributed by atoms with Crippen molar-refractivity contribution in [3.05, 3.63) is 35.9 Å². The minimum atomic E-state index is -0.0366. The van der Waals surface area contributed by atoms with Gasteiger partial charge in [-0.2, -0.15) is 5.10 Å². The third-order valence-electron chi connectivity index (χ3n) is 5.68. The van der Waals surface area contributed by atoms with Crippen molar-refractivity contribution in [2.75, 3.05) is 13.1 Å². The minimum absolute atomic E-state index is 0.0366. The molecule has 1 amide bonds. The van der Waals surface area contributed by atoms with Crippen LogP contribution in [0.1, 0.15) is 73.5 Å². The summed E-state index contributed by atoms with van der Waals surface area (Å²) in [5.74, 6) is 2.26. The summed E-state index contributed by atoms with van der Waals surface area (Å²) in [5, 5.41) is 7.53. The molecular weight excluding hydrogens is 316 g/mol. The summed E-state index contributed by atoms with van der Waals surface area (Å²) >= 11 is 0. The first kappa shape index (κ1) is 16.2. The molecule has 7 heteroatoms. The number of aromatic amines is 1. The Morgan fingerprint density at radius 1 is 1.32 bits per heavy atom. The Balaban J connectivity index is 1.62. The Morgan fingerprint density at radius 2 is 2.12 bits per heavy atom. The van der Waals surface area contributed by atoms with Gasteiger partial charge < -0.3 is 4.90 Å². The first-order valence-corrected chi connectivity index (χ1v) is 9.06. The third kappa shape index (κ3) is 2.81. The second kappa shape index (κ2) is 6.20. The summed E-state index contributed by atoms with van der Waals surface area (Å²) in [6.07, 6.45) is 9.41. The van der Waals surface area contributed by atoms with Crippen molar-refractivity contribution < 1.29 is 4.79 Å². The molecule has 2 aromatic heterocycles. The normalized spacial score (nSPS) is 22.2. The number of carbonyl (C=O) groups excluding carboxylic acids is 1. The molecular formula is C18H24N6O. The molecule has 1 aliphatic heterocycles. The van der Waals surface area contributed by atoms with Gasteiger partial charge in [0, 0.05) is 37.3 Å². The zero-order valence-corrected chi connectivity index (χ0v) is 14.8. The van der Waals surface area contributed by atoms with Crippen LogP contribution in [0.15, 0.2) is 18.6 Å². The van der Waals surface area contributed by atoms with Crippen molar-refractivity contribution in [3.8, 4) is 0 Å². The smallest absolute Gasteiger partial charge is 0.274 e. The standard InChI is InChI=1S/C18H24N6O/c1-12(2)15-21-16(23-22-15)13-10-24(11-18(13)5-3-4-6-18)17(25)14-9-19-7-8-20-14/h7-9,12-13H,3-6,10-11H2,1-2H3,(H,21,22,23). The van der Waals surface area contributed by atoms with E-state index in [0.29, 0.717) is 18.2 Å². The zero-order chi connectivity index (χ0) is 17.4. The molecule has 132 valence electrons. The average Bonchev–Trinajstić information content (AvgIpc) is 3.35. The van der Waals surface area contributed by atoms with Crippen LogP contribution in [0.3, 0.4) is 0 Å². The molecule has 0 aromatic carbocycles. The molecule has 2 aromatic rings. The lowest BCUT2D eigenvalue weighted by molar-refractivity contribution is 0.0767. The number of hydrogen-bond acceptors (Lipinski definition) is 5. The second-order valence-corrected chi connectivity index (χ2v) is 7.63. The fourth-order valence-corrected chi connectivity index (χ4v) is 4.36. The molecule has 4 rings (SSSR count). The van der Waals surface area contributed by atoms with Crippen molar-refractivity contribution in [1.29, 1.82) is 0 Å². The summed E-state index contributed by atoms with van der Waals surface area (Å²) in [5.41, 5.74) is 0.530. The summed E-state index contributed by atoms with van der Waals surface area (Å²) in [4.78, 5) is 27.7. The highest BCUT2D eigenvalue weighted by Crippen LogP contribution is 2.52. The molecule has 2 aliphatic rings. The number of nitrogens with one attached hydrogen (secondary N) is 1. The van der Waals surface area contributed by atoms with Gasteiger partial charge in [0.25, 0.3) is 5.91 Å². The van der Waals surface area contributed by atoms with E-state index in [9.17, 15) is 4.79 Å². The minimum Gasteiger partial charge on any atom is -0.336 e. The number of hydrogen-bond donors (Lipinski definition) is 1. The van der Waals surface area contributed by atoms with Gasteiger partial charge in [-0.3, -0.25) is 14.9 Å². The van der Waals surface area contributed by atoms with Gasteiger partial charge in [0.2, 0.25) is 0 Å². The largest absolute Gasteiger partial charge is 0.336 e. The van der Waals surface area contributed by atoms with E-state index in [-0.39, 0.29) is 17.2 Å². The summed E-state index contributed by atoms with van der Waals surface area (Å²) in [6, 6.07) is 0. The number of likely N-dealkylation sites (tertiary alicyclic amines) is 1. The lowest BCUT2D eigenvalue weighted by atomic mass is 9.76. The molecule has 1 saturated heterocycles. The van der Waals surface area contributed by atoms with Crippen molar-refractivity contribution >= 4 is 5.91 Å². The number of amides is 1. The zero-order valence-electron chi connectivity index (χ0n) is 14.8. The van der Waals surface area contributed by atoms with E-state index in [4.69, 9.17) is 4.98 Å². The Kier molecular flexibility index (Phi) is 4.01. The number of carbonyl (C=O) groups is 1. The highest BCUT2D eigenvalue weighted by molar-refractivity contribution is 5.92. The van der Waals surface area contributed by atoms with Crippen LogP contribution in [-0.4, -0.2) is 49.0 Å². The van der Waals surface area contributed by atoms with Crippen LogP contribution in [0.2, 0.25) is 0 Å². The SMILES string of the molecule is CC(C)c1n[nH]c(C2CN(C(=O)c3cnccn3)CC23CCCC3)n1. The second-order valence-electron chi connectivity index (χ2n) is 7.63. The molecule has 3 heterocycles. The maximum atomic E-state index is 12.9. The van der Waals surface area contributed by atoms with E-state index in [1.165, 1.54) is 12.8 Å². The summed E-state index contributed by atoms with van der Waals surface area (Å²) in [6.45, 7) is 5.63. The topological polar surface area (TPSA) is 87.7 Å². The fourth-order valence-electron chi connectivity index (χ4n) is 4.36. The van der Waals surface area contributed by atoms with Gasteiger partial charge in [-0.05, 0) is 18.3 Å². The van der Waals surface area contributed by atoms with Gasteiger partial charge in [-0.15, -0.1) is 0 Å². The van der Waals surface area contributed by atoms with E-state index < -0.39 is 0 Å². The van der Waals surface area contributed by atoms with Crippen LogP contribution < -0.4 is 0 Å². The Hall–Kier alpha value is -2.31. The number of rotatable bonds is 3. The van der Waals surface area contributed by atoms with E-state index >= 15 is 0 Å². The first-order valence-electron chi connectivity index (χ1n) is 9.06. The Bertz CT molecular complexity index is 750. The summed E-state index contributed by atoms with van der Waals surface area (Å²) in [7, 11) is 0. The lowest BCUT2D eigenvalue weighted by Gasteiger charge is -2.28. The monoisotopic (exact) mass is 340 g/mol. The highest BCUT2D eigenvalue weighted by Gasteiger charge is 2.51. The molecule has 1 atom stereocenters. The molecule has 7 nitrogen and oxygen atoms in total. The van der Waals surface area contributed by atoms with Crippen molar-refractivity contribution in [3.63, 3.8) is 0 Å². The maximum absolute atomic E-state index is 12.9. The lowest BCUT2D eigenvalue weighted by Crippen LogP contribution is -2.31. The van der Waals surface area contributed by atoms with E-state index in [1.54, 1.807) is 18.6 Å². The van der Waals surface area contributed by atoms with Gasteiger partial charge in [-0.1, -0.05) is 26.7 Å². The third-order valence-corrected chi connectivity index (χ3v) is 5.68. The first-order chi connectivity index (χ1) is 12.1. The number of H-pyrrole nitrogens is 1. The highest BCUT2D eigenvalue weighted by atomic mass is 16.2. The molecule has 2 fully saturated rings. The van der Waals surface area contributed by atoms with Crippen LogP contribution in [0.5, 0.6) is 0 Å². The predicted octanol–water partition coefficient (Wildman–Crippen LogP) is 2.52.